The zero-order chi connectivity index (χ0) is 24.6. The number of nitriles is 1. The van der Waals surface area contributed by atoms with Crippen molar-refractivity contribution in [2.75, 3.05) is 25.0 Å². The number of amides is 1. The number of carbonyl (C=O) groups is 1. The van der Waals surface area contributed by atoms with E-state index in [1.165, 1.54) is 10.7 Å². The number of halogens is 3. The summed E-state index contributed by atoms with van der Waals surface area (Å²) in [7, 11) is 1.56. The van der Waals surface area contributed by atoms with Crippen molar-refractivity contribution in [2.24, 2.45) is 10.9 Å². The van der Waals surface area contributed by atoms with Gasteiger partial charge in [0.25, 0.3) is 6.43 Å². The van der Waals surface area contributed by atoms with Crippen LogP contribution in [0.1, 0.15) is 28.9 Å². The molecule has 2 aliphatic rings. The van der Waals surface area contributed by atoms with E-state index in [4.69, 9.17) is 11.6 Å². The first-order chi connectivity index (χ1) is 16.3. The summed E-state index contributed by atoms with van der Waals surface area (Å²) < 4.78 is 28.6. The van der Waals surface area contributed by atoms with Crippen LogP contribution in [-0.2, 0) is 4.79 Å². The lowest BCUT2D eigenvalue weighted by molar-refractivity contribution is -0.125. The first-order valence-corrected chi connectivity index (χ1v) is 10.7. The molecule has 1 aliphatic heterocycles. The zero-order valence-corrected chi connectivity index (χ0v) is 19.1. The first kappa shape index (κ1) is 23.3. The summed E-state index contributed by atoms with van der Waals surface area (Å²) in [5.41, 5.74) is 1.48. The highest BCUT2D eigenvalue weighted by Gasteiger charge is 2.36. The van der Waals surface area contributed by atoms with Crippen molar-refractivity contribution >= 4 is 40.8 Å². The van der Waals surface area contributed by atoms with Crippen LogP contribution >= 0.6 is 11.6 Å². The van der Waals surface area contributed by atoms with Crippen molar-refractivity contribution in [3.8, 4) is 6.07 Å². The SMILES string of the molecule is C=CN=C1C=C(Cl)C=C/C1=C\c1c(C)nc2c(C#N)c(C(F)F)nn2c1N1CC(C(=O)NC)C1. The van der Waals surface area contributed by atoms with Gasteiger partial charge in [0.2, 0.25) is 5.91 Å². The van der Waals surface area contributed by atoms with E-state index in [1.807, 2.05) is 11.0 Å². The topological polar surface area (TPSA) is 98.7 Å². The monoisotopic (exact) mass is 483 g/mol. The first-order valence-electron chi connectivity index (χ1n) is 10.3. The lowest BCUT2D eigenvalue weighted by Crippen LogP contribution is -2.54. The molecule has 174 valence electrons. The smallest absolute Gasteiger partial charge is 0.283 e. The molecule has 2 aromatic rings. The van der Waals surface area contributed by atoms with Gasteiger partial charge in [-0.25, -0.2) is 13.8 Å². The van der Waals surface area contributed by atoms with Crippen LogP contribution in [0.15, 0.2) is 46.6 Å². The zero-order valence-electron chi connectivity index (χ0n) is 18.4. The summed E-state index contributed by atoms with van der Waals surface area (Å²) >= 11 is 6.12. The van der Waals surface area contributed by atoms with Gasteiger partial charge in [-0.15, -0.1) is 0 Å². The van der Waals surface area contributed by atoms with Crippen LogP contribution in [0.5, 0.6) is 0 Å². The van der Waals surface area contributed by atoms with Gasteiger partial charge in [-0.1, -0.05) is 24.3 Å². The molecule has 0 unspecified atom stereocenters. The number of alkyl halides is 2. The summed E-state index contributed by atoms with van der Waals surface area (Å²) in [4.78, 5) is 22.6. The fraction of sp³-hybridized carbons (Fsp3) is 0.261. The highest BCUT2D eigenvalue weighted by molar-refractivity contribution is 6.35. The molecule has 1 aliphatic carbocycles. The number of carbonyl (C=O) groups excluding carboxylic acids is 1. The minimum absolute atomic E-state index is 0.0398. The molecule has 1 amide bonds. The molecule has 8 nitrogen and oxygen atoms in total. The summed E-state index contributed by atoms with van der Waals surface area (Å²) in [6.45, 7) is 6.07. The number of aliphatic imine (C=N–C) groups is 1. The molecule has 0 atom stereocenters. The second-order valence-corrected chi connectivity index (χ2v) is 8.15. The third-order valence-corrected chi connectivity index (χ3v) is 5.87. The number of hydrogen-bond donors (Lipinski definition) is 1. The molecule has 1 N–H and O–H groups in total. The Morgan fingerprint density at radius 2 is 2.18 bits per heavy atom. The van der Waals surface area contributed by atoms with Crippen LogP contribution < -0.4 is 10.2 Å². The number of aromatic nitrogens is 3. The van der Waals surface area contributed by atoms with Crippen molar-refractivity contribution in [3.05, 3.63) is 64.1 Å². The van der Waals surface area contributed by atoms with Crippen LogP contribution in [0, 0.1) is 24.2 Å². The van der Waals surface area contributed by atoms with Crippen LogP contribution in [0.3, 0.4) is 0 Å². The summed E-state index contributed by atoms with van der Waals surface area (Å²) in [5.74, 6) is 0.0920. The second kappa shape index (κ2) is 9.19. The van der Waals surface area contributed by atoms with Gasteiger partial charge < -0.3 is 10.2 Å². The number of anilines is 1. The number of hydrogen-bond acceptors (Lipinski definition) is 6. The Morgan fingerprint density at radius 1 is 1.44 bits per heavy atom. The second-order valence-electron chi connectivity index (χ2n) is 7.72. The Morgan fingerprint density at radius 3 is 2.79 bits per heavy atom. The minimum Gasteiger partial charge on any atom is -0.359 e. The standard InChI is InChI=1S/C23H20ClF2N7O/c1-4-29-18-8-15(24)6-5-13(18)7-16-12(2)30-21-17(9-27)19(20(25)26)31-33(21)23(16)32-10-14(11-32)22(34)28-3/h4-8,14,20H,1,10-11H2,2-3H3,(H,28,34)/b13-7+,29-18?. The summed E-state index contributed by atoms with van der Waals surface area (Å²) in [5, 5.41) is 16.7. The van der Waals surface area contributed by atoms with E-state index >= 15 is 0 Å². The number of nitrogens with one attached hydrogen (secondary N) is 1. The van der Waals surface area contributed by atoms with Gasteiger partial charge in [0.15, 0.2) is 5.65 Å². The van der Waals surface area contributed by atoms with E-state index in [1.54, 1.807) is 38.3 Å². The number of allylic oxidation sites excluding steroid dienone is 5. The molecule has 0 radical (unpaired) electrons. The molecule has 0 spiro atoms. The molecule has 0 saturated carbocycles. The van der Waals surface area contributed by atoms with Crippen molar-refractivity contribution in [1.29, 1.82) is 5.26 Å². The molecule has 4 rings (SSSR count). The summed E-state index contributed by atoms with van der Waals surface area (Å²) in [6.07, 6.45) is 5.41. The molecule has 2 aromatic heterocycles. The van der Waals surface area contributed by atoms with Gasteiger partial charge in [-0.05, 0) is 25.2 Å². The van der Waals surface area contributed by atoms with Crippen LogP contribution in [-0.4, -0.2) is 46.4 Å². The summed E-state index contributed by atoms with van der Waals surface area (Å²) in [6, 6.07) is 1.81. The Balaban J connectivity index is 1.95. The number of nitrogens with zero attached hydrogens (tertiary/aromatic N) is 6. The lowest BCUT2D eigenvalue weighted by Gasteiger charge is -2.40. The maximum Gasteiger partial charge on any atom is 0.283 e. The largest absolute Gasteiger partial charge is 0.359 e. The molecule has 11 heteroatoms. The van der Waals surface area contributed by atoms with Crippen molar-refractivity contribution in [2.45, 2.75) is 13.3 Å². The van der Waals surface area contributed by atoms with Gasteiger partial charge in [-0.3, -0.25) is 9.79 Å². The molecule has 1 fully saturated rings. The van der Waals surface area contributed by atoms with Crippen LogP contribution in [0.25, 0.3) is 11.7 Å². The molecule has 0 aromatic carbocycles. The van der Waals surface area contributed by atoms with Gasteiger partial charge in [0.05, 0.1) is 17.3 Å². The van der Waals surface area contributed by atoms with Gasteiger partial charge in [0.1, 0.15) is 23.1 Å². The Bertz CT molecular complexity index is 1360. The van der Waals surface area contributed by atoms with Gasteiger partial charge in [-0.2, -0.15) is 14.9 Å². The molecule has 34 heavy (non-hydrogen) atoms. The van der Waals surface area contributed by atoms with E-state index in [0.717, 1.165) is 0 Å². The highest BCUT2D eigenvalue weighted by Crippen LogP contribution is 2.35. The number of aryl methyl sites for hydroxylation is 1. The number of rotatable bonds is 5. The molecular formula is C23H20ClF2N7O. The van der Waals surface area contributed by atoms with Crippen molar-refractivity contribution in [1.82, 2.24) is 19.9 Å². The molecule has 1 saturated heterocycles. The number of fused-ring (bicyclic) bond motifs is 1. The van der Waals surface area contributed by atoms with Crippen molar-refractivity contribution in [3.63, 3.8) is 0 Å². The highest BCUT2D eigenvalue weighted by atomic mass is 35.5. The third-order valence-electron chi connectivity index (χ3n) is 5.63. The average Bonchev–Trinajstić information content (AvgIpc) is 3.14. The third kappa shape index (κ3) is 3.99. The maximum atomic E-state index is 13.7. The fourth-order valence-corrected chi connectivity index (χ4v) is 4.10. The van der Waals surface area contributed by atoms with Gasteiger partial charge >= 0.3 is 0 Å². The van der Waals surface area contributed by atoms with Crippen LogP contribution in [0.4, 0.5) is 14.6 Å². The van der Waals surface area contributed by atoms with E-state index in [0.29, 0.717) is 46.5 Å². The maximum absolute atomic E-state index is 13.7. The predicted octanol–water partition coefficient (Wildman–Crippen LogP) is 3.69. The predicted molar refractivity (Wildman–Crippen MR) is 126 cm³/mol. The van der Waals surface area contributed by atoms with E-state index in [2.05, 4.69) is 27.0 Å². The van der Waals surface area contributed by atoms with Crippen molar-refractivity contribution < 1.29 is 13.6 Å². The Kier molecular flexibility index (Phi) is 6.30. The Hall–Kier alpha value is -3.84. The molecule has 0 bridgehead atoms. The average molecular weight is 484 g/mol. The normalized spacial score (nSPS) is 18.4. The minimum atomic E-state index is -2.94. The van der Waals surface area contributed by atoms with E-state index in [-0.39, 0.29) is 23.0 Å². The van der Waals surface area contributed by atoms with E-state index < -0.39 is 12.1 Å². The lowest BCUT2D eigenvalue weighted by atomic mass is 9.96. The Labute approximate surface area is 199 Å². The molecule has 3 heterocycles. The van der Waals surface area contributed by atoms with Crippen LogP contribution in [0.2, 0.25) is 0 Å². The fourth-order valence-electron chi connectivity index (χ4n) is 3.93. The van der Waals surface area contributed by atoms with E-state index in [9.17, 15) is 18.8 Å². The quantitative estimate of drug-likeness (QED) is 0.699. The van der Waals surface area contributed by atoms with Gasteiger partial charge in [0, 0.05) is 42.5 Å². The molecular weight excluding hydrogens is 464 g/mol.